The zero-order valence-electron chi connectivity index (χ0n) is 7.29. The van der Waals surface area contributed by atoms with Gasteiger partial charge in [0.25, 0.3) is 0 Å². The molecule has 0 bridgehead atoms. The van der Waals surface area contributed by atoms with Crippen LogP contribution in [0.1, 0.15) is 19.8 Å². The Morgan fingerprint density at radius 2 is 2.00 bits per heavy atom. The van der Waals surface area contributed by atoms with Gasteiger partial charge in [-0.25, -0.2) is 0 Å². The molecule has 3 heteroatoms. The minimum Gasteiger partial charge on any atom is -0.480 e. The SMILES string of the molecule is CN(C)C(C)(C(=O)O)C1CC1. The van der Waals surface area contributed by atoms with Crippen LogP contribution in [-0.2, 0) is 4.79 Å². The number of carboxylic acid groups (broad SMARTS) is 1. The number of carboxylic acids is 1. The Morgan fingerprint density at radius 1 is 1.55 bits per heavy atom. The molecule has 0 saturated heterocycles. The number of hydrogen-bond donors (Lipinski definition) is 1. The smallest absolute Gasteiger partial charge is 0.324 e. The van der Waals surface area contributed by atoms with E-state index in [1.165, 1.54) is 0 Å². The zero-order chi connectivity index (χ0) is 8.65. The van der Waals surface area contributed by atoms with E-state index in [9.17, 15) is 4.79 Å². The van der Waals surface area contributed by atoms with Crippen molar-refractivity contribution in [2.75, 3.05) is 14.1 Å². The highest BCUT2D eigenvalue weighted by atomic mass is 16.4. The normalized spacial score (nSPS) is 23.3. The first-order valence-electron chi connectivity index (χ1n) is 3.90. The van der Waals surface area contributed by atoms with Crippen molar-refractivity contribution in [2.45, 2.75) is 25.3 Å². The molecule has 64 valence electrons. The van der Waals surface area contributed by atoms with Crippen LogP contribution in [0.15, 0.2) is 0 Å². The Balaban J connectivity index is 2.77. The van der Waals surface area contributed by atoms with E-state index in [1.807, 2.05) is 14.1 Å². The quantitative estimate of drug-likeness (QED) is 0.658. The lowest BCUT2D eigenvalue weighted by molar-refractivity contribution is -0.150. The maximum Gasteiger partial charge on any atom is 0.324 e. The first-order chi connectivity index (χ1) is 4.99. The number of likely N-dealkylation sites (N-methyl/N-ethyl adjacent to an activating group) is 1. The molecule has 0 aliphatic heterocycles. The van der Waals surface area contributed by atoms with Gasteiger partial charge in [0.2, 0.25) is 0 Å². The largest absolute Gasteiger partial charge is 0.480 e. The molecule has 1 atom stereocenters. The lowest BCUT2D eigenvalue weighted by Gasteiger charge is -2.32. The summed E-state index contributed by atoms with van der Waals surface area (Å²) in [4.78, 5) is 12.7. The molecule has 0 radical (unpaired) electrons. The van der Waals surface area contributed by atoms with Gasteiger partial charge in [-0.15, -0.1) is 0 Å². The second-order valence-electron chi connectivity index (χ2n) is 3.62. The zero-order valence-corrected chi connectivity index (χ0v) is 7.29. The lowest BCUT2D eigenvalue weighted by Crippen LogP contribution is -2.50. The summed E-state index contributed by atoms with van der Waals surface area (Å²) in [5.74, 6) is -0.347. The third-order valence-electron chi connectivity index (χ3n) is 2.73. The van der Waals surface area contributed by atoms with Crippen molar-refractivity contribution in [3.63, 3.8) is 0 Å². The standard InChI is InChI=1S/C8H15NO2/c1-8(7(10)11,9(2)3)6-4-5-6/h6H,4-5H2,1-3H3,(H,10,11). The van der Waals surface area contributed by atoms with Crippen molar-refractivity contribution in [3.05, 3.63) is 0 Å². The molecule has 1 N–H and O–H groups in total. The molecule has 1 aliphatic rings. The van der Waals surface area contributed by atoms with Gasteiger partial charge < -0.3 is 5.11 Å². The Kier molecular flexibility index (Phi) is 1.92. The molecule has 11 heavy (non-hydrogen) atoms. The van der Waals surface area contributed by atoms with Crippen LogP contribution in [0.3, 0.4) is 0 Å². The van der Waals surface area contributed by atoms with Crippen LogP contribution >= 0.6 is 0 Å². The van der Waals surface area contributed by atoms with Crippen molar-refractivity contribution in [3.8, 4) is 0 Å². The van der Waals surface area contributed by atoms with E-state index >= 15 is 0 Å². The van der Waals surface area contributed by atoms with E-state index in [0.717, 1.165) is 12.8 Å². The van der Waals surface area contributed by atoms with Gasteiger partial charge in [0, 0.05) is 0 Å². The molecule has 1 unspecified atom stereocenters. The summed E-state index contributed by atoms with van der Waals surface area (Å²) in [7, 11) is 3.65. The highest BCUT2D eigenvalue weighted by molar-refractivity contribution is 5.79. The van der Waals surface area contributed by atoms with Gasteiger partial charge in [0.05, 0.1) is 0 Å². The summed E-state index contributed by atoms with van der Waals surface area (Å²) in [6.07, 6.45) is 2.11. The highest BCUT2D eigenvalue weighted by Crippen LogP contribution is 2.42. The van der Waals surface area contributed by atoms with Crippen LogP contribution in [-0.4, -0.2) is 35.6 Å². The molecule has 1 rings (SSSR count). The van der Waals surface area contributed by atoms with Gasteiger partial charge in [-0.05, 0) is 39.8 Å². The molecular formula is C8H15NO2. The molecule has 0 spiro atoms. The van der Waals surface area contributed by atoms with Gasteiger partial charge in [-0.1, -0.05) is 0 Å². The average Bonchev–Trinajstić information content (AvgIpc) is 2.66. The van der Waals surface area contributed by atoms with Crippen molar-refractivity contribution in [1.82, 2.24) is 4.90 Å². The summed E-state index contributed by atoms with van der Waals surface area (Å²) in [6, 6.07) is 0. The fraction of sp³-hybridized carbons (Fsp3) is 0.875. The van der Waals surface area contributed by atoms with Crippen LogP contribution in [0.25, 0.3) is 0 Å². The van der Waals surface area contributed by atoms with Gasteiger partial charge in [0.1, 0.15) is 5.54 Å². The first kappa shape index (κ1) is 8.53. The molecule has 1 fully saturated rings. The topological polar surface area (TPSA) is 40.5 Å². The maximum absolute atomic E-state index is 10.9. The van der Waals surface area contributed by atoms with E-state index in [0.29, 0.717) is 5.92 Å². The predicted molar refractivity (Wildman–Crippen MR) is 42.5 cm³/mol. The predicted octanol–water partition coefficient (Wildman–Crippen LogP) is 0.801. The second-order valence-corrected chi connectivity index (χ2v) is 3.62. The fourth-order valence-corrected chi connectivity index (χ4v) is 1.38. The molecule has 1 aliphatic carbocycles. The first-order valence-corrected chi connectivity index (χ1v) is 3.90. The van der Waals surface area contributed by atoms with E-state index in [2.05, 4.69) is 0 Å². The van der Waals surface area contributed by atoms with Crippen molar-refractivity contribution in [1.29, 1.82) is 0 Å². The van der Waals surface area contributed by atoms with Gasteiger partial charge >= 0.3 is 5.97 Å². The Morgan fingerprint density at radius 3 is 2.09 bits per heavy atom. The van der Waals surface area contributed by atoms with Crippen molar-refractivity contribution < 1.29 is 9.90 Å². The Bertz CT molecular complexity index is 171. The van der Waals surface area contributed by atoms with Crippen molar-refractivity contribution in [2.24, 2.45) is 5.92 Å². The number of hydrogen-bond acceptors (Lipinski definition) is 2. The lowest BCUT2D eigenvalue weighted by atomic mass is 9.95. The second kappa shape index (κ2) is 2.48. The van der Waals surface area contributed by atoms with Gasteiger partial charge in [-0.3, -0.25) is 9.69 Å². The molecule has 3 nitrogen and oxygen atoms in total. The molecule has 0 aromatic carbocycles. The van der Waals surface area contributed by atoms with Crippen LogP contribution in [0.2, 0.25) is 0 Å². The molecule has 1 saturated carbocycles. The number of carbonyl (C=O) groups is 1. The minimum absolute atomic E-state index is 0.356. The Labute approximate surface area is 67.0 Å². The summed E-state index contributed by atoms with van der Waals surface area (Å²) in [5.41, 5.74) is -0.639. The Hall–Kier alpha value is -0.570. The van der Waals surface area contributed by atoms with Crippen LogP contribution in [0.5, 0.6) is 0 Å². The van der Waals surface area contributed by atoms with E-state index in [1.54, 1.807) is 11.8 Å². The monoisotopic (exact) mass is 157 g/mol. The summed E-state index contributed by atoms with van der Waals surface area (Å²) >= 11 is 0. The third-order valence-corrected chi connectivity index (χ3v) is 2.73. The summed E-state index contributed by atoms with van der Waals surface area (Å²) in [5, 5.41) is 8.97. The molecule has 0 heterocycles. The van der Waals surface area contributed by atoms with E-state index in [-0.39, 0.29) is 0 Å². The number of nitrogens with zero attached hydrogens (tertiary/aromatic N) is 1. The molecule has 0 aromatic heterocycles. The fourth-order valence-electron chi connectivity index (χ4n) is 1.38. The summed E-state index contributed by atoms with van der Waals surface area (Å²) < 4.78 is 0. The highest BCUT2D eigenvalue weighted by Gasteiger charge is 2.48. The van der Waals surface area contributed by atoms with Crippen molar-refractivity contribution >= 4 is 5.97 Å². The van der Waals surface area contributed by atoms with Gasteiger partial charge in [0.15, 0.2) is 0 Å². The van der Waals surface area contributed by atoms with E-state index in [4.69, 9.17) is 5.11 Å². The third kappa shape index (κ3) is 1.25. The van der Waals surface area contributed by atoms with Gasteiger partial charge in [-0.2, -0.15) is 0 Å². The van der Waals surface area contributed by atoms with E-state index < -0.39 is 11.5 Å². The molecule has 0 aromatic rings. The maximum atomic E-state index is 10.9. The van der Waals surface area contributed by atoms with Crippen LogP contribution in [0, 0.1) is 5.92 Å². The molecule has 0 amide bonds. The van der Waals surface area contributed by atoms with Crippen LogP contribution in [0.4, 0.5) is 0 Å². The number of aliphatic carboxylic acids is 1. The number of rotatable bonds is 3. The minimum atomic E-state index is -0.704. The molecular weight excluding hydrogens is 142 g/mol. The van der Waals surface area contributed by atoms with Crippen LogP contribution < -0.4 is 0 Å². The summed E-state index contributed by atoms with van der Waals surface area (Å²) in [6.45, 7) is 1.80. The average molecular weight is 157 g/mol.